The van der Waals surface area contributed by atoms with Gasteiger partial charge in [0, 0.05) is 0 Å². The lowest BCUT2D eigenvalue weighted by molar-refractivity contribution is 0.0591. The Morgan fingerprint density at radius 2 is 1.83 bits per heavy atom. The first-order valence-electron chi connectivity index (χ1n) is 12.1. The van der Waals surface area contributed by atoms with Crippen molar-refractivity contribution in [1.29, 1.82) is 0 Å². The summed E-state index contributed by atoms with van der Waals surface area (Å²) in [4.78, 5) is 0. The largest absolute Gasteiger partial charge is 0.393 e. The molecular weight excluding hydrogens is 360 g/mol. The molecule has 166 valence electrons. The highest BCUT2D eigenvalue weighted by Gasteiger charge is 2.50. The second-order valence-electron chi connectivity index (χ2n) is 11.3. The fourth-order valence-corrected chi connectivity index (χ4v) is 6.80. The summed E-state index contributed by atoms with van der Waals surface area (Å²) in [6.07, 6.45) is 15.4. The van der Waals surface area contributed by atoms with Gasteiger partial charge in [-0.3, -0.25) is 0 Å². The zero-order valence-electron chi connectivity index (χ0n) is 19.2. The number of hydrogen-bond acceptors (Lipinski definition) is 3. The Balaban J connectivity index is 1.66. The van der Waals surface area contributed by atoms with E-state index in [4.69, 9.17) is 0 Å². The van der Waals surface area contributed by atoms with Crippen molar-refractivity contribution in [1.82, 2.24) is 0 Å². The molecule has 6 atom stereocenters. The quantitative estimate of drug-likeness (QED) is 0.545. The lowest BCUT2D eigenvalue weighted by Gasteiger charge is -2.44. The molecule has 3 aliphatic carbocycles. The van der Waals surface area contributed by atoms with Crippen LogP contribution in [0.5, 0.6) is 0 Å². The standard InChI is InChI=1S/C26H44O3/c1-18(7-5-13-25(2,3)29)23-11-12-24-20(8-6-14-26(23,24)4)10-9-19-15-21(27)17-22(28)16-19/h9-10,18,21-24,27-29H,5-8,11-17H2,1-4H3/b20-10+/t18-,21+,22+,23+,24+,26+/m0/s1. The third-order valence-corrected chi connectivity index (χ3v) is 8.25. The first-order chi connectivity index (χ1) is 13.6. The number of hydrogen-bond donors (Lipinski definition) is 3. The molecular formula is C26H44O3. The summed E-state index contributed by atoms with van der Waals surface area (Å²) < 4.78 is 0. The second kappa shape index (κ2) is 9.24. The molecule has 0 saturated heterocycles. The molecule has 0 aliphatic heterocycles. The van der Waals surface area contributed by atoms with E-state index >= 15 is 0 Å². The molecule has 0 spiro atoms. The Bertz CT molecular complexity index is 602. The van der Waals surface area contributed by atoms with Gasteiger partial charge < -0.3 is 15.3 Å². The molecule has 3 aliphatic rings. The average Bonchev–Trinajstić information content (AvgIpc) is 2.95. The Kier molecular flexibility index (Phi) is 7.34. The zero-order valence-corrected chi connectivity index (χ0v) is 19.2. The van der Waals surface area contributed by atoms with Crippen molar-refractivity contribution >= 4 is 0 Å². The summed E-state index contributed by atoms with van der Waals surface area (Å²) in [5, 5.41) is 29.9. The van der Waals surface area contributed by atoms with Gasteiger partial charge in [0.25, 0.3) is 0 Å². The van der Waals surface area contributed by atoms with E-state index < -0.39 is 5.60 Å². The normalized spacial score (nSPS) is 38.2. The predicted molar refractivity (Wildman–Crippen MR) is 120 cm³/mol. The maximum atomic E-state index is 10.0. The molecule has 0 heterocycles. The van der Waals surface area contributed by atoms with Crippen LogP contribution in [0.15, 0.2) is 23.3 Å². The molecule has 3 N–H and O–H groups in total. The number of aliphatic hydroxyl groups is 3. The van der Waals surface area contributed by atoms with E-state index in [0.717, 1.165) is 18.8 Å². The van der Waals surface area contributed by atoms with Crippen LogP contribution in [-0.4, -0.2) is 33.1 Å². The molecule has 29 heavy (non-hydrogen) atoms. The summed E-state index contributed by atoms with van der Waals surface area (Å²) in [6, 6.07) is 0. The van der Waals surface area contributed by atoms with Gasteiger partial charge in [0.1, 0.15) is 0 Å². The lowest BCUT2D eigenvalue weighted by Crippen LogP contribution is -2.36. The lowest BCUT2D eigenvalue weighted by atomic mass is 9.60. The highest BCUT2D eigenvalue weighted by atomic mass is 16.3. The summed E-state index contributed by atoms with van der Waals surface area (Å²) in [6.45, 7) is 8.81. The van der Waals surface area contributed by atoms with Gasteiger partial charge in [-0.05, 0) is 94.8 Å². The molecule has 3 fully saturated rings. The monoisotopic (exact) mass is 404 g/mol. The fourth-order valence-electron chi connectivity index (χ4n) is 6.80. The minimum absolute atomic E-state index is 0.388. The van der Waals surface area contributed by atoms with Crippen LogP contribution in [0.3, 0.4) is 0 Å². The van der Waals surface area contributed by atoms with Crippen molar-refractivity contribution in [3.63, 3.8) is 0 Å². The van der Waals surface area contributed by atoms with Crippen LogP contribution < -0.4 is 0 Å². The van der Waals surface area contributed by atoms with Gasteiger partial charge in [-0.1, -0.05) is 50.0 Å². The first-order valence-corrected chi connectivity index (χ1v) is 12.1. The van der Waals surface area contributed by atoms with Gasteiger partial charge in [-0.2, -0.15) is 0 Å². The number of aliphatic hydroxyl groups excluding tert-OH is 2. The van der Waals surface area contributed by atoms with Crippen LogP contribution in [0.2, 0.25) is 0 Å². The number of fused-ring (bicyclic) bond motifs is 1. The van der Waals surface area contributed by atoms with Crippen LogP contribution in [-0.2, 0) is 0 Å². The van der Waals surface area contributed by atoms with E-state index in [1.54, 1.807) is 5.57 Å². The van der Waals surface area contributed by atoms with Crippen molar-refractivity contribution in [2.24, 2.45) is 23.2 Å². The van der Waals surface area contributed by atoms with Gasteiger partial charge >= 0.3 is 0 Å². The van der Waals surface area contributed by atoms with Crippen molar-refractivity contribution in [2.75, 3.05) is 0 Å². The van der Waals surface area contributed by atoms with Crippen molar-refractivity contribution in [3.8, 4) is 0 Å². The smallest absolute Gasteiger partial charge is 0.0602 e. The molecule has 0 unspecified atom stereocenters. The third-order valence-electron chi connectivity index (χ3n) is 8.25. The summed E-state index contributed by atoms with van der Waals surface area (Å²) in [5.41, 5.74) is 2.66. The fraction of sp³-hybridized carbons (Fsp3) is 0.846. The number of rotatable bonds is 6. The van der Waals surface area contributed by atoms with Crippen molar-refractivity contribution < 1.29 is 15.3 Å². The van der Waals surface area contributed by atoms with E-state index in [9.17, 15) is 15.3 Å². The van der Waals surface area contributed by atoms with Gasteiger partial charge in [0.15, 0.2) is 0 Å². The van der Waals surface area contributed by atoms with Crippen LogP contribution >= 0.6 is 0 Å². The number of allylic oxidation sites excluding steroid dienone is 3. The van der Waals surface area contributed by atoms with E-state index in [1.165, 1.54) is 44.1 Å². The van der Waals surface area contributed by atoms with E-state index in [-0.39, 0.29) is 12.2 Å². The minimum atomic E-state index is -0.545. The van der Waals surface area contributed by atoms with Crippen LogP contribution in [0.4, 0.5) is 0 Å². The van der Waals surface area contributed by atoms with Crippen molar-refractivity contribution in [3.05, 3.63) is 23.3 Å². The summed E-state index contributed by atoms with van der Waals surface area (Å²) >= 11 is 0. The maximum Gasteiger partial charge on any atom is 0.0602 e. The Labute approximate surface area is 178 Å². The molecule has 0 amide bonds. The van der Waals surface area contributed by atoms with Gasteiger partial charge in [0.05, 0.1) is 17.8 Å². The minimum Gasteiger partial charge on any atom is -0.393 e. The highest BCUT2D eigenvalue weighted by Crippen LogP contribution is 2.59. The van der Waals surface area contributed by atoms with Gasteiger partial charge in [-0.25, -0.2) is 0 Å². The molecule has 3 nitrogen and oxygen atoms in total. The molecule has 3 heteroatoms. The SMILES string of the molecule is C[C@@H](CCCC(C)(C)O)[C@H]1CC[C@@H]2/C(=C/C=C3C[C@@H](O)C[C@H](O)C3)CCC[C@@]21C. The Morgan fingerprint density at radius 1 is 1.14 bits per heavy atom. The molecule has 0 aromatic heterocycles. The molecule has 0 bridgehead atoms. The predicted octanol–water partition coefficient (Wildman–Crippen LogP) is 5.54. The second-order valence-corrected chi connectivity index (χ2v) is 11.3. The van der Waals surface area contributed by atoms with Crippen molar-refractivity contribution in [2.45, 2.75) is 116 Å². The van der Waals surface area contributed by atoms with Crippen LogP contribution in [0.1, 0.15) is 98.3 Å². The topological polar surface area (TPSA) is 60.7 Å². The molecule has 0 aromatic carbocycles. The van der Waals surface area contributed by atoms with E-state index in [1.807, 2.05) is 13.8 Å². The summed E-state index contributed by atoms with van der Waals surface area (Å²) in [7, 11) is 0. The van der Waals surface area contributed by atoms with Gasteiger partial charge in [0.2, 0.25) is 0 Å². The zero-order chi connectivity index (χ0) is 21.2. The molecule has 0 radical (unpaired) electrons. The van der Waals surface area contributed by atoms with E-state index in [0.29, 0.717) is 36.5 Å². The highest BCUT2D eigenvalue weighted by molar-refractivity contribution is 5.26. The van der Waals surface area contributed by atoms with Crippen LogP contribution in [0.25, 0.3) is 0 Å². The third kappa shape index (κ3) is 5.74. The molecule has 0 aromatic rings. The molecule has 3 rings (SSSR count). The molecule has 3 saturated carbocycles. The Morgan fingerprint density at radius 3 is 2.48 bits per heavy atom. The van der Waals surface area contributed by atoms with Crippen LogP contribution in [0, 0.1) is 23.2 Å². The van der Waals surface area contributed by atoms with E-state index in [2.05, 4.69) is 26.0 Å². The average molecular weight is 405 g/mol. The van der Waals surface area contributed by atoms with Gasteiger partial charge in [-0.15, -0.1) is 0 Å². The first kappa shape index (κ1) is 23.0. The Hall–Kier alpha value is -0.640. The maximum absolute atomic E-state index is 10.0. The summed E-state index contributed by atoms with van der Waals surface area (Å²) in [5.74, 6) is 2.19.